The molecule has 0 aliphatic heterocycles. The summed E-state index contributed by atoms with van der Waals surface area (Å²) < 4.78 is 15.6. The van der Waals surface area contributed by atoms with Gasteiger partial charge in [0.1, 0.15) is 18.0 Å². The molecule has 0 saturated carbocycles. The number of likely N-dealkylation sites (N-methyl/N-ethyl adjacent to an activating group) is 1. The first-order valence-electron chi connectivity index (χ1n) is 6.05. The van der Waals surface area contributed by atoms with Crippen LogP contribution in [0.25, 0.3) is 0 Å². The number of aromatic nitrogens is 3. The molecule has 0 spiro atoms. The molecule has 0 bridgehead atoms. The van der Waals surface area contributed by atoms with E-state index in [1.54, 1.807) is 22.9 Å². The van der Waals surface area contributed by atoms with Gasteiger partial charge in [0.25, 0.3) is 0 Å². The molecule has 1 unspecified atom stereocenters. The quantitative estimate of drug-likeness (QED) is 0.912. The minimum atomic E-state index is -0.345. The monoisotopic (exact) mass is 282 g/mol. The first-order chi connectivity index (χ1) is 9.11. The summed E-state index contributed by atoms with van der Waals surface area (Å²) in [5.41, 5.74) is 0.606. The summed E-state index contributed by atoms with van der Waals surface area (Å²) in [7, 11) is 3.69. The summed E-state index contributed by atoms with van der Waals surface area (Å²) in [6.45, 7) is 0. The van der Waals surface area contributed by atoms with Gasteiger partial charge in [0.2, 0.25) is 0 Å². The number of halogens is 2. The lowest BCUT2D eigenvalue weighted by Gasteiger charge is -2.16. The second kappa shape index (κ2) is 6.12. The summed E-state index contributed by atoms with van der Waals surface area (Å²) in [4.78, 5) is 4.18. The van der Waals surface area contributed by atoms with E-state index in [2.05, 4.69) is 15.4 Å². The molecule has 2 rings (SSSR count). The van der Waals surface area contributed by atoms with Crippen molar-refractivity contribution < 1.29 is 4.39 Å². The van der Waals surface area contributed by atoms with Crippen molar-refractivity contribution in [3.05, 3.63) is 46.8 Å². The molecule has 1 atom stereocenters. The van der Waals surface area contributed by atoms with Crippen molar-refractivity contribution >= 4 is 11.6 Å². The van der Waals surface area contributed by atoms with Crippen molar-refractivity contribution in [1.29, 1.82) is 0 Å². The van der Waals surface area contributed by atoms with Gasteiger partial charge in [0.15, 0.2) is 0 Å². The van der Waals surface area contributed by atoms with Crippen LogP contribution in [-0.4, -0.2) is 27.9 Å². The maximum atomic E-state index is 13.9. The molecule has 1 aromatic carbocycles. The second-order valence-electron chi connectivity index (χ2n) is 4.41. The van der Waals surface area contributed by atoms with E-state index in [0.29, 0.717) is 18.4 Å². The zero-order valence-corrected chi connectivity index (χ0v) is 11.7. The summed E-state index contributed by atoms with van der Waals surface area (Å²) in [5.74, 6) is 0.518. The van der Waals surface area contributed by atoms with Crippen LogP contribution in [-0.2, 0) is 19.9 Å². The van der Waals surface area contributed by atoms with E-state index in [1.807, 2.05) is 14.1 Å². The van der Waals surface area contributed by atoms with Gasteiger partial charge in [-0.3, -0.25) is 4.68 Å². The third-order valence-electron chi connectivity index (χ3n) is 3.14. The molecule has 0 saturated heterocycles. The first kappa shape index (κ1) is 14.0. The minimum Gasteiger partial charge on any atom is -0.316 e. The van der Waals surface area contributed by atoms with Crippen molar-refractivity contribution in [2.24, 2.45) is 7.05 Å². The standard InChI is InChI=1S/C13H16ClFN4/c1-16-10(7-12-17-8-18-19(12)2)6-9-4-3-5-11(14)13(9)15/h3-5,8,10,16H,6-7H2,1-2H3. The van der Waals surface area contributed by atoms with Crippen LogP contribution in [0.15, 0.2) is 24.5 Å². The Morgan fingerprint density at radius 3 is 2.84 bits per heavy atom. The lowest BCUT2D eigenvalue weighted by Crippen LogP contribution is -2.31. The predicted molar refractivity (Wildman–Crippen MR) is 72.7 cm³/mol. The molecule has 6 heteroatoms. The summed E-state index contributed by atoms with van der Waals surface area (Å²) in [6.07, 6.45) is 2.75. The fraction of sp³-hybridized carbons (Fsp3) is 0.385. The Balaban J connectivity index is 2.11. The highest BCUT2D eigenvalue weighted by molar-refractivity contribution is 6.30. The van der Waals surface area contributed by atoms with Gasteiger partial charge in [0.05, 0.1) is 5.02 Å². The predicted octanol–water partition coefficient (Wildman–Crippen LogP) is 1.98. The average Bonchev–Trinajstić information content (AvgIpc) is 2.79. The Hall–Kier alpha value is -1.46. The molecule has 102 valence electrons. The molecule has 1 heterocycles. The normalized spacial score (nSPS) is 12.6. The molecule has 1 aromatic heterocycles. The SMILES string of the molecule is CNC(Cc1cccc(Cl)c1F)Cc1ncnn1C. The van der Waals surface area contributed by atoms with E-state index in [0.717, 1.165) is 5.82 Å². The molecule has 4 nitrogen and oxygen atoms in total. The van der Waals surface area contributed by atoms with Crippen LogP contribution in [0.5, 0.6) is 0 Å². The molecule has 0 radical (unpaired) electrons. The van der Waals surface area contributed by atoms with Gasteiger partial charge >= 0.3 is 0 Å². The Bertz CT molecular complexity index is 555. The first-order valence-corrected chi connectivity index (χ1v) is 6.42. The molecule has 0 aliphatic carbocycles. The highest BCUT2D eigenvalue weighted by Crippen LogP contribution is 2.19. The van der Waals surface area contributed by atoms with Gasteiger partial charge in [-0.15, -0.1) is 0 Å². The van der Waals surface area contributed by atoms with E-state index in [4.69, 9.17) is 11.6 Å². The number of benzene rings is 1. The number of hydrogen-bond acceptors (Lipinski definition) is 3. The third-order valence-corrected chi connectivity index (χ3v) is 3.43. The zero-order chi connectivity index (χ0) is 13.8. The van der Waals surface area contributed by atoms with Crippen LogP contribution in [0.4, 0.5) is 4.39 Å². The summed E-state index contributed by atoms with van der Waals surface area (Å²) in [6, 6.07) is 5.14. The van der Waals surface area contributed by atoms with Crippen molar-refractivity contribution in [1.82, 2.24) is 20.1 Å². The van der Waals surface area contributed by atoms with Gasteiger partial charge < -0.3 is 5.32 Å². The van der Waals surface area contributed by atoms with Crippen LogP contribution in [0, 0.1) is 5.82 Å². The topological polar surface area (TPSA) is 42.7 Å². The van der Waals surface area contributed by atoms with Crippen LogP contribution >= 0.6 is 11.6 Å². The van der Waals surface area contributed by atoms with E-state index >= 15 is 0 Å². The fourth-order valence-electron chi connectivity index (χ4n) is 1.97. The molecule has 2 aromatic rings. The largest absolute Gasteiger partial charge is 0.316 e. The Morgan fingerprint density at radius 1 is 1.42 bits per heavy atom. The van der Waals surface area contributed by atoms with Crippen molar-refractivity contribution in [3.8, 4) is 0 Å². The lowest BCUT2D eigenvalue weighted by molar-refractivity contribution is 0.511. The smallest absolute Gasteiger partial charge is 0.145 e. The average molecular weight is 283 g/mol. The number of nitrogens with one attached hydrogen (secondary N) is 1. The molecular weight excluding hydrogens is 267 g/mol. The Labute approximate surface area is 116 Å². The van der Waals surface area contributed by atoms with Gasteiger partial charge in [-0.25, -0.2) is 9.37 Å². The van der Waals surface area contributed by atoms with E-state index < -0.39 is 0 Å². The molecule has 1 N–H and O–H groups in total. The van der Waals surface area contributed by atoms with Crippen molar-refractivity contribution in [2.45, 2.75) is 18.9 Å². The lowest BCUT2D eigenvalue weighted by atomic mass is 10.0. The highest BCUT2D eigenvalue weighted by Gasteiger charge is 2.15. The maximum absolute atomic E-state index is 13.9. The fourth-order valence-corrected chi connectivity index (χ4v) is 2.17. The molecule has 19 heavy (non-hydrogen) atoms. The molecule has 0 aliphatic rings. The Morgan fingerprint density at radius 2 is 2.21 bits per heavy atom. The van der Waals surface area contributed by atoms with E-state index in [1.165, 1.54) is 6.33 Å². The van der Waals surface area contributed by atoms with Gasteiger partial charge in [-0.05, 0) is 25.1 Å². The van der Waals surface area contributed by atoms with E-state index in [9.17, 15) is 4.39 Å². The van der Waals surface area contributed by atoms with Crippen molar-refractivity contribution in [2.75, 3.05) is 7.05 Å². The van der Waals surface area contributed by atoms with E-state index in [-0.39, 0.29) is 16.9 Å². The third kappa shape index (κ3) is 3.30. The number of nitrogens with zero attached hydrogens (tertiary/aromatic N) is 3. The van der Waals surface area contributed by atoms with Crippen molar-refractivity contribution in [3.63, 3.8) is 0 Å². The number of rotatable bonds is 5. The number of aryl methyl sites for hydroxylation is 1. The zero-order valence-electron chi connectivity index (χ0n) is 10.9. The summed E-state index contributed by atoms with van der Waals surface area (Å²) in [5, 5.41) is 7.36. The highest BCUT2D eigenvalue weighted by atomic mass is 35.5. The van der Waals surface area contributed by atoms with Crippen LogP contribution in [0.2, 0.25) is 5.02 Å². The minimum absolute atomic E-state index is 0.0795. The number of hydrogen-bond donors (Lipinski definition) is 1. The molecule has 0 amide bonds. The second-order valence-corrected chi connectivity index (χ2v) is 4.81. The molecule has 0 fully saturated rings. The summed E-state index contributed by atoms with van der Waals surface area (Å²) >= 11 is 5.79. The molecular formula is C13H16ClFN4. The maximum Gasteiger partial charge on any atom is 0.145 e. The van der Waals surface area contributed by atoms with Gasteiger partial charge in [-0.2, -0.15) is 5.10 Å². The van der Waals surface area contributed by atoms with Gasteiger partial charge in [-0.1, -0.05) is 23.7 Å². The Kier molecular flexibility index (Phi) is 4.50. The van der Waals surface area contributed by atoms with Gasteiger partial charge in [0, 0.05) is 19.5 Å². The van der Waals surface area contributed by atoms with Crippen LogP contribution in [0.1, 0.15) is 11.4 Å². The van der Waals surface area contributed by atoms with Crippen LogP contribution in [0.3, 0.4) is 0 Å². The van der Waals surface area contributed by atoms with Crippen LogP contribution < -0.4 is 5.32 Å².